The highest BCUT2D eigenvalue weighted by Crippen LogP contribution is 2.37. The van der Waals surface area contributed by atoms with Crippen molar-refractivity contribution in [2.75, 3.05) is 20.2 Å². The van der Waals surface area contributed by atoms with E-state index in [1.807, 2.05) is 24.2 Å². The van der Waals surface area contributed by atoms with Gasteiger partial charge >= 0.3 is 0 Å². The second-order valence-corrected chi connectivity index (χ2v) is 9.72. The van der Waals surface area contributed by atoms with Gasteiger partial charge in [0.2, 0.25) is 0 Å². The van der Waals surface area contributed by atoms with Crippen LogP contribution in [0.25, 0.3) is 27.4 Å². The van der Waals surface area contributed by atoms with E-state index in [-0.39, 0.29) is 17.6 Å². The smallest absolute Gasteiger partial charge is 0.263 e. The third-order valence-corrected chi connectivity index (χ3v) is 7.20. The van der Waals surface area contributed by atoms with Gasteiger partial charge in [-0.15, -0.1) is 0 Å². The molecule has 0 unspecified atom stereocenters. The molecule has 186 valence electrons. The maximum Gasteiger partial charge on any atom is 0.263 e. The first-order chi connectivity index (χ1) is 17.4. The number of likely N-dealkylation sites (tertiary alicyclic amines) is 1. The molecule has 1 saturated heterocycles. The molecule has 0 N–H and O–H groups in total. The molecule has 8 heteroatoms. The van der Waals surface area contributed by atoms with Crippen molar-refractivity contribution in [2.24, 2.45) is 7.05 Å². The molecule has 1 amide bonds. The van der Waals surface area contributed by atoms with Crippen LogP contribution in [0.4, 0.5) is 4.39 Å². The molecule has 1 aliphatic carbocycles. The Hall–Kier alpha value is -3.81. The number of pyridine rings is 1. The van der Waals surface area contributed by atoms with E-state index < -0.39 is 5.82 Å². The van der Waals surface area contributed by atoms with E-state index in [0.29, 0.717) is 52.1 Å². The van der Waals surface area contributed by atoms with Crippen LogP contribution in [0.3, 0.4) is 0 Å². The van der Waals surface area contributed by atoms with E-state index in [1.165, 1.54) is 16.7 Å². The van der Waals surface area contributed by atoms with Gasteiger partial charge in [0.15, 0.2) is 11.5 Å². The van der Waals surface area contributed by atoms with Gasteiger partial charge in [-0.1, -0.05) is 0 Å². The zero-order valence-corrected chi connectivity index (χ0v) is 20.4. The average molecular weight is 490 g/mol. The number of hydrogen-bond acceptors (Lipinski definition) is 4. The van der Waals surface area contributed by atoms with Gasteiger partial charge in [0.1, 0.15) is 5.82 Å². The van der Waals surface area contributed by atoms with Gasteiger partial charge in [-0.05, 0) is 62.4 Å². The number of carbonyl (C=O) groups is 1. The molecule has 7 nitrogen and oxygen atoms in total. The molecular formula is C28H28FN3O4. The van der Waals surface area contributed by atoms with E-state index in [2.05, 4.69) is 0 Å². The molecule has 2 aromatic carbocycles. The molecule has 0 bridgehead atoms. The Morgan fingerprint density at radius 2 is 1.75 bits per heavy atom. The minimum Gasteiger partial charge on any atom is -0.493 e. The Morgan fingerprint density at radius 3 is 2.47 bits per heavy atom. The molecule has 1 saturated carbocycles. The summed E-state index contributed by atoms with van der Waals surface area (Å²) < 4.78 is 29.5. The zero-order valence-electron chi connectivity index (χ0n) is 20.4. The molecular weight excluding hydrogens is 461 g/mol. The lowest BCUT2D eigenvalue weighted by Gasteiger charge is -2.27. The molecule has 0 radical (unpaired) electrons. The van der Waals surface area contributed by atoms with Gasteiger partial charge in [0, 0.05) is 43.3 Å². The first-order valence-electron chi connectivity index (χ1n) is 12.4. The first kappa shape index (κ1) is 22.6. The summed E-state index contributed by atoms with van der Waals surface area (Å²) in [5.41, 5.74) is 1.09. The second-order valence-electron chi connectivity index (χ2n) is 9.72. The SMILES string of the molecule is COc1cc2c(C(=O)N3CCCCC3)cn(-c3cc(F)cc4c3ccn4C)c(=O)c2cc1OC1CC1. The predicted octanol–water partition coefficient (Wildman–Crippen LogP) is 4.80. The van der Waals surface area contributed by atoms with Crippen molar-refractivity contribution in [3.63, 3.8) is 0 Å². The number of ether oxygens (including phenoxy) is 2. The van der Waals surface area contributed by atoms with Crippen LogP contribution in [0.1, 0.15) is 42.5 Å². The largest absolute Gasteiger partial charge is 0.493 e. The molecule has 36 heavy (non-hydrogen) atoms. The summed E-state index contributed by atoms with van der Waals surface area (Å²) in [6, 6.07) is 8.02. The number of nitrogens with zero attached hydrogens (tertiary/aromatic N) is 3. The Kier molecular flexibility index (Phi) is 5.47. The lowest BCUT2D eigenvalue weighted by Crippen LogP contribution is -2.36. The molecule has 6 rings (SSSR count). The summed E-state index contributed by atoms with van der Waals surface area (Å²) >= 11 is 0. The van der Waals surface area contributed by atoms with E-state index in [9.17, 15) is 14.0 Å². The summed E-state index contributed by atoms with van der Waals surface area (Å²) in [7, 11) is 3.38. The maximum absolute atomic E-state index is 14.7. The van der Waals surface area contributed by atoms with Crippen molar-refractivity contribution in [3.8, 4) is 17.2 Å². The normalized spacial score (nSPS) is 16.0. The van der Waals surface area contributed by atoms with Gasteiger partial charge in [0.25, 0.3) is 11.5 Å². The monoisotopic (exact) mass is 489 g/mol. The Labute approximate surface area is 207 Å². The number of rotatable bonds is 5. The quantitative estimate of drug-likeness (QED) is 0.404. The van der Waals surface area contributed by atoms with Crippen molar-refractivity contribution >= 4 is 27.6 Å². The van der Waals surface area contributed by atoms with E-state index in [4.69, 9.17) is 9.47 Å². The number of fused-ring (bicyclic) bond motifs is 2. The first-order valence-corrected chi connectivity index (χ1v) is 12.4. The van der Waals surface area contributed by atoms with Crippen LogP contribution in [0.5, 0.6) is 11.5 Å². The van der Waals surface area contributed by atoms with Crippen LogP contribution in [0, 0.1) is 5.82 Å². The van der Waals surface area contributed by atoms with Gasteiger partial charge in [-0.25, -0.2) is 4.39 Å². The fourth-order valence-corrected chi connectivity index (χ4v) is 5.10. The predicted molar refractivity (Wildman–Crippen MR) is 136 cm³/mol. The van der Waals surface area contributed by atoms with E-state index in [1.54, 1.807) is 30.0 Å². The third kappa shape index (κ3) is 3.81. The van der Waals surface area contributed by atoms with Gasteiger partial charge in [-0.2, -0.15) is 0 Å². The molecule has 4 aromatic rings. The fraction of sp³-hybridized carbons (Fsp3) is 0.357. The van der Waals surface area contributed by atoms with Crippen molar-refractivity contribution in [3.05, 3.63) is 64.5 Å². The Balaban J connectivity index is 1.64. The van der Waals surface area contributed by atoms with Crippen LogP contribution in [0.2, 0.25) is 0 Å². The Morgan fingerprint density at radius 1 is 1.00 bits per heavy atom. The lowest BCUT2D eigenvalue weighted by atomic mass is 10.0. The van der Waals surface area contributed by atoms with Crippen molar-refractivity contribution in [1.29, 1.82) is 0 Å². The molecule has 0 atom stereocenters. The molecule has 0 spiro atoms. The number of hydrogen-bond donors (Lipinski definition) is 0. The van der Waals surface area contributed by atoms with Gasteiger partial charge in [0.05, 0.1) is 35.4 Å². The number of methoxy groups -OCH3 is 1. The van der Waals surface area contributed by atoms with Crippen molar-refractivity contribution < 1.29 is 18.7 Å². The zero-order chi connectivity index (χ0) is 25.0. The van der Waals surface area contributed by atoms with Crippen LogP contribution in [-0.4, -0.2) is 46.2 Å². The molecule has 2 fully saturated rings. The van der Waals surface area contributed by atoms with Gasteiger partial charge in [-0.3, -0.25) is 14.2 Å². The van der Waals surface area contributed by atoms with Crippen LogP contribution >= 0.6 is 0 Å². The van der Waals surface area contributed by atoms with E-state index >= 15 is 0 Å². The number of halogens is 1. The second kappa shape index (κ2) is 8.69. The number of aromatic nitrogens is 2. The average Bonchev–Trinajstić information content (AvgIpc) is 3.64. The fourth-order valence-electron chi connectivity index (χ4n) is 5.10. The van der Waals surface area contributed by atoms with Crippen LogP contribution < -0.4 is 15.0 Å². The van der Waals surface area contributed by atoms with E-state index in [0.717, 1.165) is 37.5 Å². The molecule has 2 aromatic heterocycles. The third-order valence-electron chi connectivity index (χ3n) is 7.20. The van der Waals surface area contributed by atoms with Gasteiger partial charge < -0.3 is 18.9 Å². The number of carbonyl (C=O) groups excluding carboxylic acids is 1. The Bertz CT molecular complexity index is 1560. The maximum atomic E-state index is 14.7. The summed E-state index contributed by atoms with van der Waals surface area (Å²) in [4.78, 5) is 29.5. The summed E-state index contributed by atoms with van der Waals surface area (Å²) in [6.07, 6.45) is 8.37. The summed E-state index contributed by atoms with van der Waals surface area (Å²) in [5, 5.41) is 1.56. The standard InChI is InChI=1S/C28H28FN3O4/c1-30-11-8-19-23(30)12-17(29)13-24(19)32-16-22(27(33)31-9-4-3-5-10-31)20-14-25(35-2)26(36-18-6-7-18)15-21(20)28(32)34/h8,11-16,18H,3-7,9-10H2,1-2H3. The van der Waals surface area contributed by atoms with Crippen LogP contribution in [0.15, 0.2) is 47.5 Å². The molecule has 1 aliphatic heterocycles. The number of amides is 1. The van der Waals surface area contributed by atoms with Crippen molar-refractivity contribution in [2.45, 2.75) is 38.2 Å². The topological polar surface area (TPSA) is 65.7 Å². The highest BCUT2D eigenvalue weighted by Gasteiger charge is 2.28. The molecule has 3 heterocycles. The molecule has 2 aliphatic rings. The summed E-state index contributed by atoms with van der Waals surface area (Å²) in [6.45, 7) is 1.34. The highest BCUT2D eigenvalue weighted by molar-refractivity contribution is 6.07. The van der Waals surface area contributed by atoms with Crippen molar-refractivity contribution in [1.82, 2.24) is 14.0 Å². The number of aryl methyl sites for hydroxylation is 1. The number of piperidine rings is 1. The minimum atomic E-state index is -0.456. The highest BCUT2D eigenvalue weighted by atomic mass is 19.1. The lowest BCUT2D eigenvalue weighted by molar-refractivity contribution is 0.0725. The van der Waals surface area contributed by atoms with Crippen LogP contribution in [-0.2, 0) is 7.05 Å². The summed E-state index contributed by atoms with van der Waals surface area (Å²) in [5.74, 6) is 0.355. The number of benzene rings is 2. The minimum absolute atomic E-state index is 0.101.